The molecule has 1 unspecified atom stereocenters. The van der Waals surface area contributed by atoms with Gasteiger partial charge in [0, 0.05) is 18.7 Å². The van der Waals surface area contributed by atoms with Gasteiger partial charge in [-0.2, -0.15) is 0 Å². The topological polar surface area (TPSA) is 84.9 Å². The van der Waals surface area contributed by atoms with Crippen molar-refractivity contribution in [2.24, 2.45) is 0 Å². The molecule has 33 heavy (non-hydrogen) atoms. The maximum absolute atomic E-state index is 13.2. The van der Waals surface area contributed by atoms with Crippen LogP contribution in [0.2, 0.25) is 0 Å². The van der Waals surface area contributed by atoms with E-state index in [-0.39, 0.29) is 30.9 Å². The number of aryl methyl sites for hydroxylation is 1. The number of ether oxygens (including phenoxy) is 2. The van der Waals surface area contributed by atoms with Gasteiger partial charge in [0.1, 0.15) is 11.8 Å². The highest BCUT2D eigenvalue weighted by atomic mass is 79.9. The smallest absolute Gasteiger partial charge is 0.308 e. The molecule has 2 aromatic carbocycles. The van der Waals surface area contributed by atoms with E-state index >= 15 is 0 Å². The molecule has 0 radical (unpaired) electrons. The standard InChI is InChI=1S/C25H29BrN2O5/c1-17(2)33-22-11-10-19(15-20(22)26)25(31)28-13-12-27-24(30)21(28)16-23(29)32-14-6-9-18-7-4-3-5-8-18/h3-5,7-8,10-11,15,17,21H,6,9,12-14,16H2,1-2H3,(H,27,30). The fraction of sp³-hybridized carbons (Fsp3) is 0.400. The fourth-order valence-electron chi connectivity index (χ4n) is 3.63. The zero-order valence-corrected chi connectivity index (χ0v) is 20.5. The molecule has 1 heterocycles. The molecule has 1 saturated heterocycles. The summed E-state index contributed by atoms with van der Waals surface area (Å²) in [6, 6.07) is 14.1. The van der Waals surface area contributed by atoms with Gasteiger partial charge < -0.3 is 19.7 Å². The van der Waals surface area contributed by atoms with Crippen molar-refractivity contribution in [1.82, 2.24) is 10.2 Å². The normalized spacial score (nSPS) is 15.8. The molecular formula is C25H29BrN2O5. The number of nitrogens with one attached hydrogen (secondary N) is 1. The summed E-state index contributed by atoms with van der Waals surface area (Å²) in [6.07, 6.45) is 1.30. The first-order valence-electron chi connectivity index (χ1n) is 11.1. The molecule has 8 heteroatoms. The summed E-state index contributed by atoms with van der Waals surface area (Å²) in [4.78, 5) is 39.5. The van der Waals surface area contributed by atoms with Crippen LogP contribution in [0.15, 0.2) is 53.0 Å². The molecule has 2 amide bonds. The second-order valence-corrected chi connectivity index (χ2v) is 8.99. The number of hydrogen-bond acceptors (Lipinski definition) is 5. The lowest BCUT2D eigenvalue weighted by Gasteiger charge is -2.34. The van der Waals surface area contributed by atoms with E-state index in [9.17, 15) is 14.4 Å². The Morgan fingerprint density at radius 1 is 1.18 bits per heavy atom. The number of halogens is 1. The number of piperazine rings is 1. The van der Waals surface area contributed by atoms with Crippen LogP contribution in [0.3, 0.4) is 0 Å². The Labute approximate surface area is 202 Å². The Bertz CT molecular complexity index is 980. The van der Waals surface area contributed by atoms with Gasteiger partial charge in [-0.05, 0) is 66.4 Å². The van der Waals surface area contributed by atoms with Crippen LogP contribution in [0.4, 0.5) is 0 Å². The van der Waals surface area contributed by atoms with E-state index in [0.717, 1.165) is 6.42 Å². The number of benzene rings is 2. The zero-order chi connectivity index (χ0) is 23.8. The van der Waals surface area contributed by atoms with Crippen LogP contribution in [0, 0.1) is 0 Å². The summed E-state index contributed by atoms with van der Waals surface area (Å²) in [5.74, 6) is -0.531. The number of carbonyl (C=O) groups excluding carboxylic acids is 3. The van der Waals surface area contributed by atoms with Crippen LogP contribution in [0.25, 0.3) is 0 Å². The van der Waals surface area contributed by atoms with Crippen molar-refractivity contribution >= 4 is 33.7 Å². The van der Waals surface area contributed by atoms with Crippen LogP contribution in [0.1, 0.15) is 42.6 Å². The Morgan fingerprint density at radius 2 is 1.94 bits per heavy atom. The minimum absolute atomic E-state index is 0.00303. The van der Waals surface area contributed by atoms with Crippen molar-refractivity contribution in [3.05, 3.63) is 64.1 Å². The second-order valence-electron chi connectivity index (χ2n) is 8.13. The number of nitrogens with zero attached hydrogens (tertiary/aromatic N) is 1. The molecule has 7 nitrogen and oxygen atoms in total. The molecule has 1 atom stereocenters. The van der Waals surface area contributed by atoms with Gasteiger partial charge in [-0.3, -0.25) is 14.4 Å². The highest BCUT2D eigenvalue weighted by Gasteiger charge is 2.35. The first-order chi connectivity index (χ1) is 15.8. The predicted octanol–water partition coefficient (Wildman–Crippen LogP) is 3.74. The van der Waals surface area contributed by atoms with E-state index in [1.54, 1.807) is 18.2 Å². The van der Waals surface area contributed by atoms with E-state index in [1.807, 2.05) is 44.2 Å². The summed E-state index contributed by atoms with van der Waals surface area (Å²) in [6.45, 7) is 4.76. The molecule has 0 spiro atoms. The molecular weight excluding hydrogens is 488 g/mol. The summed E-state index contributed by atoms with van der Waals surface area (Å²) < 4.78 is 11.7. The minimum Gasteiger partial charge on any atom is -0.490 e. The lowest BCUT2D eigenvalue weighted by atomic mass is 10.1. The molecule has 1 aliphatic rings. The zero-order valence-electron chi connectivity index (χ0n) is 18.9. The third-order valence-corrected chi connectivity index (χ3v) is 5.83. The Morgan fingerprint density at radius 3 is 2.64 bits per heavy atom. The fourth-order valence-corrected chi connectivity index (χ4v) is 4.11. The van der Waals surface area contributed by atoms with Crippen LogP contribution in [-0.2, 0) is 20.7 Å². The second kappa shape index (κ2) is 11.8. The van der Waals surface area contributed by atoms with Crippen LogP contribution < -0.4 is 10.1 Å². The lowest BCUT2D eigenvalue weighted by molar-refractivity contribution is -0.147. The monoisotopic (exact) mass is 516 g/mol. The maximum Gasteiger partial charge on any atom is 0.308 e. The van der Waals surface area contributed by atoms with Gasteiger partial charge in [-0.15, -0.1) is 0 Å². The maximum atomic E-state index is 13.2. The molecule has 0 saturated carbocycles. The quantitative estimate of drug-likeness (QED) is 0.405. The van der Waals surface area contributed by atoms with Crippen molar-refractivity contribution < 1.29 is 23.9 Å². The molecule has 0 aromatic heterocycles. The molecule has 1 aliphatic heterocycles. The Kier molecular flexibility index (Phi) is 8.88. The van der Waals surface area contributed by atoms with E-state index in [1.165, 1.54) is 10.5 Å². The molecule has 2 aromatic rings. The van der Waals surface area contributed by atoms with Gasteiger partial charge in [-0.25, -0.2) is 0 Å². The largest absolute Gasteiger partial charge is 0.490 e. The van der Waals surface area contributed by atoms with Crippen LogP contribution in [-0.4, -0.2) is 54.5 Å². The van der Waals surface area contributed by atoms with Crippen molar-refractivity contribution in [2.45, 2.75) is 45.3 Å². The van der Waals surface area contributed by atoms with Gasteiger partial charge in [0.15, 0.2) is 0 Å². The molecule has 1 N–H and O–H groups in total. The average Bonchev–Trinajstić information content (AvgIpc) is 2.79. The molecule has 0 bridgehead atoms. The van der Waals surface area contributed by atoms with Crippen LogP contribution >= 0.6 is 15.9 Å². The SMILES string of the molecule is CC(C)Oc1ccc(C(=O)N2CCNC(=O)C2CC(=O)OCCCc2ccccc2)cc1Br. The Balaban J connectivity index is 1.59. The molecule has 176 valence electrons. The number of hydrogen-bond donors (Lipinski definition) is 1. The van der Waals surface area contributed by atoms with Gasteiger partial charge in [-0.1, -0.05) is 30.3 Å². The van der Waals surface area contributed by atoms with E-state index in [4.69, 9.17) is 9.47 Å². The number of amides is 2. The lowest BCUT2D eigenvalue weighted by Crippen LogP contribution is -2.57. The number of esters is 1. The third-order valence-electron chi connectivity index (χ3n) is 5.21. The van der Waals surface area contributed by atoms with E-state index in [0.29, 0.717) is 35.3 Å². The van der Waals surface area contributed by atoms with Gasteiger partial charge >= 0.3 is 5.97 Å². The highest BCUT2D eigenvalue weighted by molar-refractivity contribution is 9.10. The summed E-state index contributed by atoms with van der Waals surface area (Å²) in [7, 11) is 0. The van der Waals surface area contributed by atoms with Gasteiger partial charge in [0.2, 0.25) is 5.91 Å². The van der Waals surface area contributed by atoms with E-state index < -0.39 is 12.0 Å². The molecule has 0 aliphatic carbocycles. The number of carbonyl (C=O) groups is 3. The van der Waals surface area contributed by atoms with Crippen molar-refractivity contribution in [3.8, 4) is 5.75 Å². The number of rotatable bonds is 9. The first kappa shape index (κ1) is 24.8. The minimum atomic E-state index is -0.904. The summed E-state index contributed by atoms with van der Waals surface area (Å²) in [5.41, 5.74) is 1.59. The van der Waals surface area contributed by atoms with Crippen molar-refractivity contribution in [3.63, 3.8) is 0 Å². The Hall–Kier alpha value is -2.87. The predicted molar refractivity (Wildman–Crippen MR) is 128 cm³/mol. The molecule has 3 rings (SSSR count). The first-order valence-corrected chi connectivity index (χ1v) is 11.9. The van der Waals surface area contributed by atoms with Gasteiger partial charge in [0.05, 0.1) is 23.6 Å². The highest BCUT2D eigenvalue weighted by Crippen LogP contribution is 2.28. The molecule has 1 fully saturated rings. The summed E-state index contributed by atoms with van der Waals surface area (Å²) in [5, 5.41) is 2.73. The van der Waals surface area contributed by atoms with Crippen molar-refractivity contribution in [2.75, 3.05) is 19.7 Å². The average molecular weight is 517 g/mol. The summed E-state index contributed by atoms with van der Waals surface area (Å²) >= 11 is 3.44. The van der Waals surface area contributed by atoms with Crippen molar-refractivity contribution in [1.29, 1.82) is 0 Å². The van der Waals surface area contributed by atoms with E-state index in [2.05, 4.69) is 21.2 Å². The van der Waals surface area contributed by atoms with Gasteiger partial charge in [0.25, 0.3) is 5.91 Å². The van der Waals surface area contributed by atoms with Crippen LogP contribution in [0.5, 0.6) is 5.75 Å². The third kappa shape index (κ3) is 7.05.